The molecule has 2 atom stereocenters. The molecule has 0 saturated carbocycles. The summed E-state index contributed by atoms with van der Waals surface area (Å²) in [4.78, 5) is 19.1. The molecule has 3 aromatic rings. The first-order chi connectivity index (χ1) is 17.6. The number of piperidine rings is 2. The van der Waals surface area contributed by atoms with Gasteiger partial charge >= 0.3 is 5.97 Å². The average Bonchev–Trinajstić information content (AvgIpc) is 3.44. The molecule has 4 heterocycles. The third-order valence-corrected chi connectivity index (χ3v) is 9.42. The van der Waals surface area contributed by atoms with Crippen molar-refractivity contribution in [1.29, 1.82) is 0 Å². The summed E-state index contributed by atoms with van der Waals surface area (Å²) in [5, 5.41) is 9.14. The van der Waals surface area contributed by atoms with Crippen LogP contribution in [-0.2, 0) is 6.54 Å². The molecule has 186 valence electrons. The van der Waals surface area contributed by atoms with Crippen molar-refractivity contribution in [3.63, 3.8) is 0 Å². The zero-order valence-corrected chi connectivity index (χ0v) is 21.6. The van der Waals surface area contributed by atoms with Crippen molar-refractivity contribution in [3.05, 3.63) is 82.2 Å². The predicted octanol–water partition coefficient (Wildman–Crippen LogP) is 7.31. The summed E-state index contributed by atoms with van der Waals surface area (Å²) >= 11 is 1.97. The van der Waals surface area contributed by atoms with E-state index < -0.39 is 5.97 Å². The van der Waals surface area contributed by atoms with Gasteiger partial charge in [-0.3, -0.25) is 4.90 Å². The highest BCUT2D eigenvalue weighted by molar-refractivity contribution is 7.15. The Kier molecular flexibility index (Phi) is 6.68. The van der Waals surface area contributed by atoms with Crippen LogP contribution in [-0.4, -0.2) is 41.1 Å². The molecule has 36 heavy (non-hydrogen) atoms. The average molecular weight is 499 g/mol. The maximum atomic E-state index is 11.1. The van der Waals surface area contributed by atoms with Crippen LogP contribution >= 0.6 is 11.3 Å². The third kappa shape index (κ3) is 4.87. The number of nitrogens with zero attached hydrogens (tertiary/aromatic N) is 2. The smallest absolute Gasteiger partial charge is 0.335 e. The number of carbonyl (C=O) groups is 1. The van der Waals surface area contributed by atoms with Crippen molar-refractivity contribution in [3.8, 4) is 10.4 Å². The molecule has 4 nitrogen and oxygen atoms in total. The van der Waals surface area contributed by atoms with Crippen molar-refractivity contribution in [1.82, 2.24) is 4.90 Å². The van der Waals surface area contributed by atoms with Crippen LogP contribution in [0.4, 0.5) is 5.69 Å². The number of hydrogen-bond donors (Lipinski definition) is 1. The van der Waals surface area contributed by atoms with Crippen molar-refractivity contribution in [2.75, 3.05) is 18.0 Å². The molecule has 5 heteroatoms. The number of carboxylic acids is 1. The summed E-state index contributed by atoms with van der Waals surface area (Å²) < 4.78 is 0. The molecule has 3 saturated heterocycles. The largest absolute Gasteiger partial charge is 0.478 e. The summed E-state index contributed by atoms with van der Waals surface area (Å²) in [5.41, 5.74) is 5.59. The topological polar surface area (TPSA) is 43.8 Å². The Morgan fingerprint density at radius 1 is 0.917 bits per heavy atom. The van der Waals surface area contributed by atoms with Crippen LogP contribution in [0.5, 0.6) is 0 Å². The van der Waals surface area contributed by atoms with Gasteiger partial charge in [0.2, 0.25) is 0 Å². The van der Waals surface area contributed by atoms with Gasteiger partial charge in [0.05, 0.1) is 5.56 Å². The molecule has 3 aliphatic rings. The van der Waals surface area contributed by atoms with Crippen LogP contribution in [0, 0.1) is 0 Å². The van der Waals surface area contributed by atoms with Crippen molar-refractivity contribution < 1.29 is 9.90 Å². The van der Waals surface area contributed by atoms with Gasteiger partial charge < -0.3 is 10.0 Å². The summed E-state index contributed by atoms with van der Waals surface area (Å²) in [6.45, 7) is 3.04. The van der Waals surface area contributed by atoms with Gasteiger partial charge in [-0.2, -0.15) is 0 Å². The van der Waals surface area contributed by atoms with E-state index in [4.69, 9.17) is 5.11 Å². The first kappa shape index (κ1) is 23.5. The number of aromatic carboxylic acids is 1. The zero-order chi connectivity index (χ0) is 24.5. The van der Waals surface area contributed by atoms with E-state index >= 15 is 0 Å². The first-order valence-corrected chi connectivity index (χ1v) is 14.2. The van der Waals surface area contributed by atoms with Crippen LogP contribution in [0.15, 0.2) is 66.2 Å². The fourth-order valence-corrected chi connectivity index (χ4v) is 7.41. The molecule has 2 aromatic carbocycles. The minimum atomic E-state index is -0.874. The highest BCUT2D eigenvalue weighted by atomic mass is 32.1. The fourth-order valence-electron chi connectivity index (χ4n) is 6.35. The van der Waals surface area contributed by atoms with Gasteiger partial charge in [-0.15, -0.1) is 11.3 Å². The lowest BCUT2D eigenvalue weighted by molar-refractivity contribution is 0.0697. The SMILES string of the molecule is O=C(O)c1ccc(N2CCC(=Cc3ccccc3-c3ccc(CN4C5CCCC4CC5)s3)CC2)cc1. The van der Waals surface area contributed by atoms with Gasteiger partial charge in [0.1, 0.15) is 0 Å². The molecule has 0 amide bonds. The highest BCUT2D eigenvalue weighted by Gasteiger charge is 2.36. The maximum Gasteiger partial charge on any atom is 0.335 e. The number of fused-ring (bicyclic) bond motifs is 2. The Morgan fingerprint density at radius 3 is 2.36 bits per heavy atom. The van der Waals surface area contributed by atoms with Crippen LogP contribution in [0.25, 0.3) is 16.5 Å². The second kappa shape index (κ2) is 10.2. The van der Waals surface area contributed by atoms with E-state index in [0.717, 1.165) is 50.2 Å². The van der Waals surface area contributed by atoms with E-state index in [1.807, 2.05) is 23.5 Å². The van der Waals surface area contributed by atoms with Crippen LogP contribution < -0.4 is 4.90 Å². The lowest BCUT2D eigenvalue weighted by Crippen LogP contribution is -2.38. The Bertz CT molecular complexity index is 1240. The van der Waals surface area contributed by atoms with E-state index in [2.05, 4.69) is 52.3 Å². The molecular formula is C31H34N2O2S. The molecule has 1 aromatic heterocycles. The molecule has 0 radical (unpaired) electrons. The van der Waals surface area contributed by atoms with Crippen molar-refractivity contribution in [2.24, 2.45) is 0 Å². The Hall–Kier alpha value is -2.89. The minimum Gasteiger partial charge on any atom is -0.478 e. The van der Waals surface area contributed by atoms with E-state index in [-0.39, 0.29) is 0 Å². The maximum absolute atomic E-state index is 11.1. The molecule has 0 aliphatic carbocycles. The molecule has 0 spiro atoms. The summed E-state index contributed by atoms with van der Waals surface area (Å²) in [7, 11) is 0. The lowest BCUT2D eigenvalue weighted by atomic mass is 9.97. The fraction of sp³-hybridized carbons (Fsp3) is 0.387. The van der Waals surface area contributed by atoms with E-state index in [0.29, 0.717) is 5.56 Å². The monoisotopic (exact) mass is 498 g/mol. The van der Waals surface area contributed by atoms with Gasteiger partial charge in [-0.25, -0.2) is 4.79 Å². The van der Waals surface area contributed by atoms with Gasteiger partial charge in [0, 0.05) is 47.2 Å². The standard InChI is InChI=1S/C31H34N2O2S/c34-31(35)23-8-10-25(11-9-23)32-18-16-22(17-19-32)20-24-4-1-2-7-29(24)30-15-14-28(36-30)21-33-26-5-3-6-27(33)13-12-26/h1-2,4,7-11,14-15,20,26-27H,3,5-6,12-13,16-19,21H2,(H,34,35). The molecule has 1 N–H and O–H groups in total. The molecule has 3 aliphatic heterocycles. The van der Waals surface area contributed by atoms with E-state index in [9.17, 15) is 4.79 Å². The number of anilines is 1. The molecule has 2 unspecified atom stereocenters. The highest BCUT2D eigenvalue weighted by Crippen LogP contribution is 2.39. The number of carboxylic acid groups (broad SMARTS) is 1. The summed E-state index contributed by atoms with van der Waals surface area (Å²) in [6, 6.07) is 22.4. The second-order valence-corrected chi connectivity index (χ2v) is 11.7. The predicted molar refractivity (Wildman–Crippen MR) is 149 cm³/mol. The first-order valence-electron chi connectivity index (χ1n) is 13.4. The molecular weight excluding hydrogens is 464 g/mol. The Morgan fingerprint density at radius 2 is 1.64 bits per heavy atom. The van der Waals surface area contributed by atoms with Crippen LogP contribution in [0.2, 0.25) is 0 Å². The van der Waals surface area contributed by atoms with Gasteiger partial charge in [-0.1, -0.05) is 42.3 Å². The van der Waals surface area contributed by atoms with Crippen molar-refractivity contribution in [2.45, 2.75) is 63.6 Å². The Labute approximate surface area is 217 Å². The summed E-state index contributed by atoms with van der Waals surface area (Å²) in [5.74, 6) is -0.874. The minimum absolute atomic E-state index is 0.341. The third-order valence-electron chi connectivity index (χ3n) is 8.32. The van der Waals surface area contributed by atoms with Crippen LogP contribution in [0.3, 0.4) is 0 Å². The summed E-state index contributed by atoms with van der Waals surface area (Å²) in [6.07, 6.45) is 11.4. The Balaban J connectivity index is 1.14. The van der Waals surface area contributed by atoms with E-state index in [1.165, 1.54) is 58.6 Å². The van der Waals surface area contributed by atoms with Gasteiger partial charge in [0.15, 0.2) is 0 Å². The van der Waals surface area contributed by atoms with Gasteiger partial charge in [-0.05, 0) is 86.1 Å². The number of benzene rings is 2. The molecule has 3 fully saturated rings. The molecule has 6 rings (SSSR count). The van der Waals surface area contributed by atoms with E-state index in [1.54, 1.807) is 12.1 Å². The normalized spacial score (nSPS) is 22.1. The lowest BCUT2D eigenvalue weighted by Gasteiger charge is -2.34. The second-order valence-electron chi connectivity index (χ2n) is 10.5. The van der Waals surface area contributed by atoms with Crippen molar-refractivity contribution >= 4 is 29.1 Å². The zero-order valence-electron chi connectivity index (χ0n) is 20.7. The number of rotatable bonds is 6. The van der Waals surface area contributed by atoms with Gasteiger partial charge in [0.25, 0.3) is 0 Å². The number of hydrogen-bond acceptors (Lipinski definition) is 4. The number of thiophene rings is 1. The quantitative estimate of drug-likeness (QED) is 0.387. The molecule has 2 bridgehead atoms. The van der Waals surface area contributed by atoms with Crippen LogP contribution in [0.1, 0.15) is 65.7 Å².